The minimum absolute atomic E-state index is 0.00335. The number of nitrogens with one attached hydrogen (secondary N) is 1. The van der Waals surface area contributed by atoms with Crippen LogP contribution in [0.5, 0.6) is 0 Å². The Labute approximate surface area is 149 Å². The molecule has 1 saturated heterocycles. The van der Waals surface area contributed by atoms with Crippen molar-refractivity contribution in [1.29, 1.82) is 0 Å². The number of hydrogen-bond donors (Lipinski definition) is 1. The number of nitrogens with zero attached hydrogens (tertiary/aromatic N) is 1. The van der Waals surface area contributed by atoms with Gasteiger partial charge in [0, 0.05) is 18.9 Å². The molecule has 0 radical (unpaired) electrons. The van der Waals surface area contributed by atoms with E-state index in [1.807, 2.05) is 19.1 Å². The summed E-state index contributed by atoms with van der Waals surface area (Å²) in [6, 6.07) is 7.12. The van der Waals surface area contributed by atoms with E-state index in [1.54, 1.807) is 12.1 Å². The first kappa shape index (κ1) is 19.2. The Morgan fingerprint density at radius 2 is 1.84 bits per heavy atom. The zero-order valence-electron chi connectivity index (χ0n) is 15.2. The molecule has 1 atom stereocenters. The highest BCUT2D eigenvalue weighted by Crippen LogP contribution is 2.28. The van der Waals surface area contributed by atoms with Gasteiger partial charge >= 0.3 is 0 Å². The summed E-state index contributed by atoms with van der Waals surface area (Å²) in [7, 11) is 0. The monoisotopic (exact) mass is 344 g/mol. The summed E-state index contributed by atoms with van der Waals surface area (Å²) in [4.78, 5) is 37.5. The third-order valence-corrected chi connectivity index (χ3v) is 4.64. The first-order chi connectivity index (χ1) is 12.1. The van der Waals surface area contributed by atoms with E-state index in [0.717, 1.165) is 18.4 Å². The lowest BCUT2D eigenvalue weighted by Gasteiger charge is -2.15. The Bertz CT molecular complexity index is 610. The summed E-state index contributed by atoms with van der Waals surface area (Å²) in [6.07, 6.45) is 5.81. The number of rotatable bonds is 9. The van der Waals surface area contributed by atoms with Crippen molar-refractivity contribution < 1.29 is 14.4 Å². The van der Waals surface area contributed by atoms with Gasteiger partial charge in [0.1, 0.15) is 0 Å². The van der Waals surface area contributed by atoms with E-state index in [1.165, 1.54) is 17.7 Å². The molecule has 1 aliphatic heterocycles. The lowest BCUT2D eigenvalue weighted by Crippen LogP contribution is -2.30. The molecule has 5 nitrogen and oxygen atoms in total. The van der Waals surface area contributed by atoms with Crippen LogP contribution in [0.3, 0.4) is 0 Å². The topological polar surface area (TPSA) is 66.5 Å². The number of carbonyl (C=O) groups is 3. The molecule has 25 heavy (non-hydrogen) atoms. The highest BCUT2D eigenvalue weighted by Gasteiger charge is 2.38. The molecule has 0 spiro atoms. The molecule has 1 aromatic rings. The van der Waals surface area contributed by atoms with E-state index < -0.39 is 0 Å². The first-order valence-electron chi connectivity index (χ1n) is 9.29. The van der Waals surface area contributed by atoms with Gasteiger partial charge in [0.2, 0.25) is 17.7 Å². The molecule has 3 amide bonds. The molecule has 0 bridgehead atoms. The molecule has 136 valence electrons. The molecule has 0 saturated carbocycles. The second kappa shape index (κ2) is 9.35. The van der Waals surface area contributed by atoms with Crippen molar-refractivity contribution >= 4 is 23.4 Å². The van der Waals surface area contributed by atoms with Crippen LogP contribution in [0.15, 0.2) is 24.3 Å². The molecule has 1 aliphatic rings. The van der Waals surface area contributed by atoms with Gasteiger partial charge in [-0.1, -0.05) is 45.2 Å². The number of imide groups is 1. The second-order valence-corrected chi connectivity index (χ2v) is 6.63. The summed E-state index contributed by atoms with van der Waals surface area (Å²) in [5.74, 6) is -0.464. The van der Waals surface area contributed by atoms with Crippen LogP contribution in [0.2, 0.25) is 0 Å². The third kappa shape index (κ3) is 5.15. The van der Waals surface area contributed by atoms with E-state index in [4.69, 9.17) is 0 Å². The summed E-state index contributed by atoms with van der Waals surface area (Å²) in [5.41, 5.74) is 1.47. The van der Waals surface area contributed by atoms with Gasteiger partial charge in [-0.3, -0.25) is 19.3 Å². The Kier molecular flexibility index (Phi) is 7.16. The van der Waals surface area contributed by atoms with Gasteiger partial charge in [-0.05, 0) is 30.5 Å². The zero-order chi connectivity index (χ0) is 18.2. The van der Waals surface area contributed by atoms with E-state index >= 15 is 0 Å². The standard InChI is InChI=1S/C20H28N2O3/c1-3-5-6-7-12-21-18(23)13-15-8-10-17(11-9-15)22-19(24)14-16(4-2)20(22)25/h8-11,16H,3-7,12-14H2,1-2H3,(H,21,23). The summed E-state index contributed by atoms with van der Waals surface area (Å²) < 4.78 is 0. The van der Waals surface area contributed by atoms with Crippen molar-refractivity contribution in [1.82, 2.24) is 5.32 Å². The number of hydrogen-bond acceptors (Lipinski definition) is 3. The van der Waals surface area contributed by atoms with Crippen LogP contribution in [0.4, 0.5) is 5.69 Å². The van der Waals surface area contributed by atoms with E-state index in [-0.39, 0.29) is 30.1 Å². The van der Waals surface area contributed by atoms with Crippen molar-refractivity contribution in [2.45, 2.75) is 58.8 Å². The highest BCUT2D eigenvalue weighted by molar-refractivity contribution is 6.20. The van der Waals surface area contributed by atoms with Gasteiger partial charge in [-0.2, -0.15) is 0 Å². The molecule has 1 heterocycles. The maximum absolute atomic E-state index is 12.2. The minimum atomic E-state index is -0.203. The van der Waals surface area contributed by atoms with Gasteiger partial charge < -0.3 is 5.32 Å². The van der Waals surface area contributed by atoms with Crippen LogP contribution in [0.1, 0.15) is 57.9 Å². The number of amides is 3. The van der Waals surface area contributed by atoms with Gasteiger partial charge in [0.05, 0.1) is 12.1 Å². The Morgan fingerprint density at radius 1 is 1.12 bits per heavy atom. The lowest BCUT2D eigenvalue weighted by molar-refractivity contribution is -0.122. The summed E-state index contributed by atoms with van der Waals surface area (Å²) in [6.45, 7) is 4.79. The van der Waals surface area contributed by atoms with Crippen molar-refractivity contribution in [3.8, 4) is 0 Å². The zero-order valence-corrected chi connectivity index (χ0v) is 15.2. The fourth-order valence-electron chi connectivity index (χ4n) is 3.08. The predicted octanol–water partition coefficient (Wildman–Crippen LogP) is 3.22. The molecule has 2 rings (SSSR count). The predicted molar refractivity (Wildman–Crippen MR) is 98.2 cm³/mol. The third-order valence-electron chi connectivity index (χ3n) is 4.64. The number of benzene rings is 1. The van der Waals surface area contributed by atoms with Crippen molar-refractivity contribution in [2.75, 3.05) is 11.4 Å². The second-order valence-electron chi connectivity index (χ2n) is 6.63. The largest absolute Gasteiger partial charge is 0.356 e. The van der Waals surface area contributed by atoms with E-state index in [9.17, 15) is 14.4 Å². The average molecular weight is 344 g/mol. The SMILES string of the molecule is CCCCCCNC(=O)Cc1ccc(N2C(=O)CC(CC)C2=O)cc1. The molecule has 1 aromatic carbocycles. The molecular weight excluding hydrogens is 316 g/mol. The van der Waals surface area contributed by atoms with Gasteiger partial charge in [0.25, 0.3) is 0 Å². The van der Waals surface area contributed by atoms with Crippen LogP contribution >= 0.6 is 0 Å². The maximum atomic E-state index is 12.2. The molecule has 0 aromatic heterocycles. The van der Waals surface area contributed by atoms with Gasteiger partial charge in [-0.15, -0.1) is 0 Å². The fourth-order valence-corrected chi connectivity index (χ4v) is 3.08. The van der Waals surface area contributed by atoms with E-state index in [0.29, 0.717) is 25.1 Å². The first-order valence-corrected chi connectivity index (χ1v) is 9.29. The smallest absolute Gasteiger partial charge is 0.237 e. The quantitative estimate of drug-likeness (QED) is 0.552. The number of anilines is 1. The summed E-state index contributed by atoms with van der Waals surface area (Å²) >= 11 is 0. The highest BCUT2D eigenvalue weighted by atomic mass is 16.2. The minimum Gasteiger partial charge on any atom is -0.356 e. The molecule has 5 heteroatoms. The summed E-state index contributed by atoms with van der Waals surface area (Å²) in [5, 5.41) is 2.93. The normalized spacial score (nSPS) is 17.2. The van der Waals surface area contributed by atoms with Gasteiger partial charge in [0.15, 0.2) is 0 Å². The van der Waals surface area contributed by atoms with E-state index in [2.05, 4.69) is 12.2 Å². The molecule has 1 fully saturated rings. The van der Waals surface area contributed by atoms with Crippen LogP contribution in [0, 0.1) is 5.92 Å². The molecular formula is C20H28N2O3. The fraction of sp³-hybridized carbons (Fsp3) is 0.550. The van der Waals surface area contributed by atoms with Gasteiger partial charge in [-0.25, -0.2) is 0 Å². The Hall–Kier alpha value is -2.17. The van der Waals surface area contributed by atoms with Crippen LogP contribution < -0.4 is 10.2 Å². The Morgan fingerprint density at radius 3 is 2.44 bits per heavy atom. The average Bonchev–Trinajstić information content (AvgIpc) is 2.89. The van der Waals surface area contributed by atoms with Crippen molar-refractivity contribution in [3.05, 3.63) is 29.8 Å². The number of unbranched alkanes of at least 4 members (excludes halogenated alkanes) is 3. The lowest BCUT2D eigenvalue weighted by atomic mass is 10.1. The number of carbonyl (C=O) groups excluding carboxylic acids is 3. The molecule has 0 aliphatic carbocycles. The molecule has 1 unspecified atom stereocenters. The maximum Gasteiger partial charge on any atom is 0.237 e. The molecule has 1 N–H and O–H groups in total. The van der Waals surface area contributed by atoms with Crippen LogP contribution in [0.25, 0.3) is 0 Å². The van der Waals surface area contributed by atoms with Crippen molar-refractivity contribution in [3.63, 3.8) is 0 Å². The van der Waals surface area contributed by atoms with Crippen LogP contribution in [-0.4, -0.2) is 24.3 Å². The van der Waals surface area contributed by atoms with Crippen molar-refractivity contribution in [2.24, 2.45) is 5.92 Å². The Balaban J connectivity index is 1.86. The van der Waals surface area contributed by atoms with Crippen LogP contribution in [-0.2, 0) is 20.8 Å².